The molecule has 15 heavy (non-hydrogen) atoms. The zero-order chi connectivity index (χ0) is 10.7. The summed E-state index contributed by atoms with van der Waals surface area (Å²) in [5, 5.41) is 7.46. The number of hydrogen-bond acceptors (Lipinski definition) is 3. The molecular weight excluding hydrogens is 190 g/mol. The Morgan fingerprint density at radius 1 is 1.60 bits per heavy atom. The fraction of sp³-hybridized carbons (Fsp3) is 0.364. The van der Waals surface area contributed by atoms with E-state index in [1.54, 1.807) is 6.26 Å². The summed E-state index contributed by atoms with van der Waals surface area (Å²) in [6.45, 7) is 2.95. The van der Waals surface area contributed by atoms with Crippen molar-refractivity contribution in [2.24, 2.45) is 0 Å². The Hall–Kier alpha value is -1.55. The molecule has 2 rings (SSSR count). The molecule has 2 aromatic heterocycles. The molecule has 80 valence electrons. The Morgan fingerprint density at radius 3 is 3.00 bits per heavy atom. The molecule has 0 radical (unpaired) electrons. The molecule has 0 aromatic carbocycles. The van der Waals surface area contributed by atoms with Crippen LogP contribution in [0.1, 0.15) is 24.3 Å². The molecule has 0 aliphatic carbocycles. The predicted octanol–water partition coefficient (Wildman–Crippen LogP) is 1.80. The minimum Gasteiger partial charge on any atom is -0.467 e. The molecule has 1 unspecified atom stereocenters. The van der Waals surface area contributed by atoms with Crippen LogP contribution in [0.4, 0.5) is 0 Å². The zero-order valence-electron chi connectivity index (χ0n) is 8.97. The molecular formula is C11H15N3O. The molecule has 2 heterocycles. The average Bonchev–Trinajstić information content (AvgIpc) is 2.89. The molecule has 4 heteroatoms. The molecule has 0 bridgehead atoms. The lowest BCUT2D eigenvalue weighted by molar-refractivity contribution is 0.463. The summed E-state index contributed by atoms with van der Waals surface area (Å²) in [5.41, 5.74) is 1.12. The van der Waals surface area contributed by atoms with E-state index in [4.69, 9.17) is 4.42 Å². The Bertz CT molecular complexity index is 405. The van der Waals surface area contributed by atoms with E-state index in [9.17, 15) is 0 Å². The van der Waals surface area contributed by atoms with Crippen LogP contribution in [0.15, 0.2) is 35.2 Å². The minimum atomic E-state index is 0.0836. The van der Waals surface area contributed by atoms with Crippen molar-refractivity contribution in [3.05, 3.63) is 42.1 Å². The van der Waals surface area contributed by atoms with E-state index in [2.05, 4.69) is 17.3 Å². The van der Waals surface area contributed by atoms with Crippen molar-refractivity contribution < 1.29 is 4.42 Å². The molecule has 0 aliphatic rings. The highest BCUT2D eigenvalue weighted by Crippen LogP contribution is 2.21. The molecule has 0 aliphatic heterocycles. The van der Waals surface area contributed by atoms with Crippen LogP contribution in [0.3, 0.4) is 0 Å². The van der Waals surface area contributed by atoms with E-state index in [1.807, 2.05) is 36.3 Å². The first-order valence-electron chi connectivity index (χ1n) is 5.08. The lowest BCUT2D eigenvalue weighted by Crippen LogP contribution is -2.16. The monoisotopic (exact) mass is 205 g/mol. The molecule has 2 aromatic rings. The van der Waals surface area contributed by atoms with Gasteiger partial charge in [-0.15, -0.1) is 0 Å². The van der Waals surface area contributed by atoms with Gasteiger partial charge in [-0.1, -0.05) is 0 Å². The van der Waals surface area contributed by atoms with Gasteiger partial charge >= 0.3 is 0 Å². The summed E-state index contributed by atoms with van der Waals surface area (Å²) in [7, 11) is 1.91. The Kier molecular flexibility index (Phi) is 2.87. The highest BCUT2D eigenvalue weighted by Gasteiger charge is 2.15. The van der Waals surface area contributed by atoms with Crippen LogP contribution in [0.5, 0.6) is 0 Å². The molecule has 1 atom stereocenters. The van der Waals surface area contributed by atoms with Gasteiger partial charge in [0, 0.05) is 18.3 Å². The van der Waals surface area contributed by atoms with Crippen LogP contribution in [-0.2, 0) is 6.54 Å². The van der Waals surface area contributed by atoms with Crippen molar-refractivity contribution in [3.8, 4) is 0 Å². The molecule has 4 nitrogen and oxygen atoms in total. The first-order chi connectivity index (χ1) is 7.35. The highest BCUT2D eigenvalue weighted by molar-refractivity contribution is 5.21. The van der Waals surface area contributed by atoms with E-state index in [0.717, 1.165) is 17.9 Å². The Morgan fingerprint density at radius 2 is 2.47 bits per heavy atom. The van der Waals surface area contributed by atoms with Crippen molar-refractivity contribution in [3.63, 3.8) is 0 Å². The molecule has 0 fully saturated rings. The summed E-state index contributed by atoms with van der Waals surface area (Å²) in [6, 6.07) is 3.94. The van der Waals surface area contributed by atoms with E-state index >= 15 is 0 Å². The van der Waals surface area contributed by atoms with Crippen LogP contribution in [0.2, 0.25) is 0 Å². The van der Waals surface area contributed by atoms with Gasteiger partial charge < -0.3 is 9.73 Å². The van der Waals surface area contributed by atoms with E-state index in [-0.39, 0.29) is 6.04 Å². The normalized spacial score (nSPS) is 12.9. The minimum absolute atomic E-state index is 0.0836. The lowest BCUT2D eigenvalue weighted by atomic mass is 10.1. The lowest BCUT2D eigenvalue weighted by Gasteiger charge is -2.10. The number of rotatable bonds is 4. The van der Waals surface area contributed by atoms with Gasteiger partial charge in [0.15, 0.2) is 0 Å². The topological polar surface area (TPSA) is 43.0 Å². The van der Waals surface area contributed by atoms with Gasteiger partial charge in [-0.05, 0) is 26.1 Å². The number of hydrogen-bond donors (Lipinski definition) is 1. The second-order valence-electron chi connectivity index (χ2n) is 3.37. The van der Waals surface area contributed by atoms with Crippen molar-refractivity contribution in [1.82, 2.24) is 15.1 Å². The first-order valence-corrected chi connectivity index (χ1v) is 5.08. The van der Waals surface area contributed by atoms with Gasteiger partial charge in [0.1, 0.15) is 5.76 Å². The van der Waals surface area contributed by atoms with Crippen LogP contribution in [0, 0.1) is 0 Å². The molecule has 0 saturated carbocycles. The van der Waals surface area contributed by atoms with Crippen LogP contribution < -0.4 is 5.32 Å². The maximum Gasteiger partial charge on any atom is 0.125 e. The molecule has 0 spiro atoms. The number of nitrogens with zero attached hydrogens (tertiary/aromatic N) is 2. The maximum absolute atomic E-state index is 5.38. The summed E-state index contributed by atoms with van der Waals surface area (Å²) < 4.78 is 7.29. The van der Waals surface area contributed by atoms with E-state index in [1.165, 1.54) is 0 Å². The summed E-state index contributed by atoms with van der Waals surface area (Å²) in [6.07, 6.45) is 5.58. The largest absolute Gasteiger partial charge is 0.467 e. The van der Waals surface area contributed by atoms with Gasteiger partial charge in [-0.3, -0.25) is 4.68 Å². The molecule has 0 amide bonds. The highest BCUT2D eigenvalue weighted by atomic mass is 16.3. The number of aryl methyl sites for hydroxylation is 1. The number of aromatic nitrogens is 2. The third-order valence-electron chi connectivity index (χ3n) is 2.43. The smallest absolute Gasteiger partial charge is 0.125 e. The summed E-state index contributed by atoms with van der Waals surface area (Å²) in [5.74, 6) is 0.910. The molecule has 0 saturated heterocycles. The van der Waals surface area contributed by atoms with Crippen molar-refractivity contribution in [2.75, 3.05) is 7.05 Å². The summed E-state index contributed by atoms with van der Waals surface area (Å²) in [4.78, 5) is 0. The summed E-state index contributed by atoms with van der Waals surface area (Å²) >= 11 is 0. The van der Waals surface area contributed by atoms with Gasteiger partial charge in [0.05, 0.1) is 18.5 Å². The van der Waals surface area contributed by atoms with Crippen LogP contribution >= 0.6 is 0 Å². The second-order valence-corrected chi connectivity index (χ2v) is 3.37. The van der Waals surface area contributed by atoms with E-state index < -0.39 is 0 Å². The Labute approximate surface area is 88.9 Å². The quantitative estimate of drug-likeness (QED) is 0.827. The number of nitrogens with one attached hydrogen (secondary N) is 1. The average molecular weight is 205 g/mol. The van der Waals surface area contributed by atoms with Crippen molar-refractivity contribution in [2.45, 2.75) is 19.5 Å². The van der Waals surface area contributed by atoms with Gasteiger partial charge in [0.2, 0.25) is 0 Å². The van der Waals surface area contributed by atoms with Crippen molar-refractivity contribution in [1.29, 1.82) is 0 Å². The first kappa shape index (κ1) is 9.98. The van der Waals surface area contributed by atoms with Crippen molar-refractivity contribution >= 4 is 0 Å². The van der Waals surface area contributed by atoms with Gasteiger partial charge in [-0.2, -0.15) is 5.10 Å². The van der Waals surface area contributed by atoms with Gasteiger partial charge in [-0.25, -0.2) is 0 Å². The zero-order valence-corrected chi connectivity index (χ0v) is 8.97. The number of furan rings is 1. The Balaban J connectivity index is 2.27. The standard InChI is InChI=1S/C11H15N3O/c1-3-14-8-9(7-13-14)11(12-2)10-5-4-6-15-10/h4-8,11-12H,3H2,1-2H3. The van der Waals surface area contributed by atoms with Crippen LogP contribution in [-0.4, -0.2) is 16.8 Å². The second kappa shape index (κ2) is 4.31. The fourth-order valence-corrected chi connectivity index (χ4v) is 1.63. The van der Waals surface area contributed by atoms with Gasteiger partial charge in [0.25, 0.3) is 0 Å². The molecule has 1 N–H and O–H groups in total. The SMILES string of the molecule is CCn1cc(C(NC)c2ccco2)cn1. The third-order valence-corrected chi connectivity index (χ3v) is 2.43. The fourth-order valence-electron chi connectivity index (χ4n) is 1.63. The third kappa shape index (κ3) is 1.94. The van der Waals surface area contributed by atoms with E-state index in [0.29, 0.717) is 0 Å². The maximum atomic E-state index is 5.38. The predicted molar refractivity (Wildman–Crippen MR) is 57.5 cm³/mol. The van der Waals surface area contributed by atoms with Crippen LogP contribution in [0.25, 0.3) is 0 Å².